The van der Waals surface area contributed by atoms with Gasteiger partial charge in [-0.1, -0.05) is 12.2 Å². The minimum atomic E-state index is -0.271. The van der Waals surface area contributed by atoms with Gasteiger partial charge in [-0.15, -0.1) is 11.3 Å². The highest BCUT2D eigenvalue weighted by molar-refractivity contribution is 7.14. The molecule has 2 aromatic rings. The molecule has 0 aliphatic heterocycles. The van der Waals surface area contributed by atoms with Crippen LogP contribution < -0.4 is 5.32 Å². The van der Waals surface area contributed by atoms with Crippen molar-refractivity contribution in [1.82, 2.24) is 4.98 Å². The van der Waals surface area contributed by atoms with Crippen LogP contribution in [0.15, 0.2) is 41.8 Å². The first-order valence-corrected chi connectivity index (χ1v) is 7.76. The molecule has 1 amide bonds. The Bertz CT molecular complexity index is 663. The van der Waals surface area contributed by atoms with Crippen LogP contribution in [-0.2, 0) is 4.79 Å². The molecule has 0 spiro atoms. The van der Waals surface area contributed by atoms with Crippen LogP contribution in [0.25, 0.3) is 11.3 Å². The minimum Gasteiger partial charge on any atom is -0.302 e. The Kier molecular flexibility index (Phi) is 4.10. The summed E-state index contributed by atoms with van der Waals surface area (Å²) in [7, 11) is 0. The third kappa shape index (κ3) is 3.55. The Morgan fingerprint density at radius 2 is 2.19 bits per heavy atom. The van der Waals surface area contributed by atoms with E-state index in [0.29, 0.717) is 17.5 Å². The lowest BCUT2D eigenvalue weighted by atomic mass is 10.1. The maximum Gasteiger partial charge on any atom is 0.226 e. The Morgan fingerprint density at radius 3 is 2.90 bits per heavy atom. The van der Waals surface area contributed by atoms with Gasteiger partial charge in [0.1, 0.15) is 5.82 Å². The molecule has 5 heteroatoms. The number of amides is 1. The van der Waals surface area contributed by atoms with Gasteiger partial charge >= 0.3 is 0 Å². The molecule has 1 aliphatic carbocycles. The van der Waals surface area contributed by atoms with E-state index in [1.54, 1.807) is 12.1 Å². The van der Waals surface area contributed by atoms with Crippen LogP contribution in [0.3, 0.4) is 0 Å². The number of hydrogen-bond donors (Lipinski definition) is 1. The fourth-order valence-corrected chi connectivity index (χ4v) is 3.09. The van der Waals surface area contributed by atoms with E-state index in [4.69, 9.17) is 0 Å². The van der Waals surface area contributed by atoms with Crippen molar-refractivity contribution in [2.75, 3.05) is 5.32 Å². The SMILES string of the molecule is O=C(C[C@H]1C=CCC1)Nc1nc(-c2ccc(F)cc2)cs1. The highest BCUT2D eigenvalue weighted by Gasteiger charge is 2.15. The number of carbonyl (C=O) groups excluding carboxylic acids is 1. The van der Waals surface area contributed by atoms with Crippen molar-refractivity contribution in [3.05, 3.63) is 47.6 Å². The van der Waals surface area contributed by atoms with Gasteiger partial charge in [-0.2, -0.15) is 0 Å². The summed E-state index contributed by atoms with van der Waals surface area (Å²) >= 11 is 1.38. The van der Waals surface area contributed by atoms with E-state index in [1.165, 1.54) is 23.5 Å². The lowest BCUT2D eigenvalue weighted by molar-refractivity contribution is -0.116. The zero-order valence-corrected chi connectivity index (χ0v) is 12.2. The van der Waals surface area contributed by atoms with Crippen LogP contribution in [0.2, 0.25) is 0 Å². The van der Waals surface area contributed by atoms with E-state index in [2.05, 4.69) is 22.5 Å². The largest absolute Gasteiger partial charge is 0.302 e. The molecule has 108 valence electrons. The van der Waals surface area contributed by atoms with Gasteiger partial charge in [-0.25, -0.2) is 9.37 Å². The summed E-state index contributed by atoms with van der Waals surface area (Å²) in [6.07, 6.45) is 6.83. The van der Waals surface area contributed by atoms with Gasteiger partial charge in [-0.3, -0.25) is 4.79 Å². The van der Waals surface area contributed by atoms with E-state index in [0.717, 1.165) is 24.1 Å². The summed E-state index contributed by atoms with van der Waals surface area (Å²) in [4.78, 5) is 16.3. The van der Waals surface area contributed by atoms with Crippen molar-refractivity contribution >= 4 is 22.4 Å². The molecule has 1 aromatic heterocycles. The fourth-order valence-electron chi connectivity index (χ4n) is 2.36. The second kappa shape index (κ2) is 6.18. The molecule has 3 rings (SSSR count). The lowest BCUT2D eigenvalue weighted by Gasteiger charge is -2.06. The molecule has 21 heavy (non-hydrogen) atoms. The number of aromatic nitrogens is 1. The average molecular weight is 302 g/mol. The minimum absolute atomic E-state index is 0.00782. The standard InChI is InChI=1S/C16H15FN2OS/c17-13-7-5-12(6-8-13)14-10-21-16(18-14)19-15(20)9-11-3-1-2-4-11/h1,3,5-8,10-11H,2,4,9H2,(H,18,19,20)/t11-/m0/s1. The predicted octanol–water partition coefficient (Wildman–Crippen LogP) is 4.24. The summed E-state index contributed by atoms with van der Waals surface area (Å²) in [5.74, 6) is 0.0696. The van der Waals surface area contributed by atoms with Gasteiger partial charge in [0.15, 0.2) is 5.13 Å². The Morgan fingerprint density at radius 1 is 1.38 bits per heavy atom. The molecule has 1 N–H and O–H groups in total. The van der Waals surface area contributed by atoms with Crippen LogP contribution >= 0.6 is 11.3 Å². The zero-order valence-electron chi connectivity index (χ0n) is 11.4. The Labute approximate surface area is 126 Å². The normalized spacial score (nSPS) is 17.1. The number of halogens is 1. The van der Waals surface area contributed by atoms with Crippen LogP contribution in [0, 0.1) is 11.7 Å². The third-order valence-corrected chi connectivity index (χ3v) is 4.21. The molecule has 0 saturated heterocycles. The van der Waals surface area contributed by atoms with E-state index in [1.807, 2.05) is 5.38 Å². The van der Waals surface area contributed by atoms with Crippen molar-refractivity contribution in [3.63, 3.8) is 0 Å². The Balaban J connectivity index is 1.63. The summed E-state index contributed by atoms with van der Waals surface area (Å²) in [6, 6.07) is 6.16. The molecular formula is C16H15FN2OS. The number of carbonyl (C=O) groups is 1. The van der Waals surface area contributed by atoms with Crippen molar-refractivity contribution in [1.29, 1.82) is 0 Å². The van der Waals surface area contributed by atoms with Crippen molar-refractivity contribution in [3.8, 4) is 11.3 Å². The predicted molar refractivity (Wildman–Crippen MR) is 82.6 cm³/mol. The summed E-state index contributed by atoms with van der Waals surface area (Å²) in [5.41, 5.74) is 1.59. The molecule has 1 aliphatic rings. The summed E-state index contributed by atoms with van der Waals surface area (Å²) in [5, 5.41) is 5.27. The fraction of sp³-hybridized carbons (Fsp3) is 0.250. The van der Waals surface area contributed by atoms with Crippen molar-refractivity contribution in [2.24, 2.45) is 5.92 Å². The Hall–Kier alpha value is -2.01. The molecule has 0 saturated carbocycles. The topological polar surface area (TPSA) is 42.0 Å². The van der Waals surface area contributed by atoms with Crippen molar-refractivity contribution < 1.29 is 9.18 Å². The van der Waals surface area contributed by atoms with E-state index >= 15 is 0 Å². The summed E-state index contributed by atoms with van der Waals surface area (Å²) < 4.78 is 12.9. The number of anilines is 1. The molecule has 1 atom stereocenters. The van der Waals surface area contributed by atoms with E-state index in [9.17, 15) is 9.18 Å². The van der Waals surface area contributed by atoms with E-state index < -0.39 is 0 Å². The second-order valence-corrected chi connectivity index (χ2v) is 5.92. The van der Waals surface area contributed by atoms with Gasteiger partial charge in [0.2, 0.25) is 5.91 Å². The van der Waals surface area contributed by atoms with Crippen LogP contribution in [0.1, 0.15) is 19.3 Å². The van der Waals surface area contributed by atoms with Gasteiger partial charge < -0.3 is 5.32 Å². The molecule has 0 fully saturated rings. The number of thiazole rings is 1. The average Bonchev–Trinajstić information content (AvgIpc) is 3.11. The summed E-state index contributed by atoms with van der Waals surface area (Å²) in [6.45, 7) is 0. The maximum absolute atomic E-state index is 12.9. The van der Waals surface area contributed by atoms with Crippen LogP contribution in [-0.4, -0.2) is 10.9 Å². The number of benzene rings is 1. The molecule has 0 bridgehead atoms. The smallest absolute Gasteiger partial charge is 0.226 e. The lowest BCUT2D eigenvalue weighted by Crippen LogP contribution is -2.14. The van der Waals surface area contributed by atoms with Gasteiger partial charge in [0, 0.05) is 17.4 Å². The molecule has 1 aromatic carbocycles. The number of allylic oxidation sites excluding steroid dienone is 2. The van der Waals surface area contributed by atoms with Gasteiger partial charge in [-0.05, 0) is 43.0 Å². The first-order valence-electron chi connectivity index (χ1n) is 6.89. The third-order valence-electron chi connectivity index (χ3n) is 3.45. The number of nitrogens with zero attached hydrogens (tertiary/aromatic N) is 1. The van der Waals surface area contributed by atoms with Crippen molar-refractivity contribution in [2.45, 2.75) is 19.3 Å². The van der Waals surface area contributed by atoms with E-state index in [-0.39, 0.29) is 11.7 Å². The van der Waals surface area contributed by atoms with Crippen LogP contribution in [0.4, 0.5) is 9.52 Å². The number of rotatable bonds is 4. The number of nitrogens with one attached hydrogen (secondary N) is 1. The second-order valence-electron chi connectivity index (χ2n) is 5.06. The molecular weight excluding hydrogens is 287 g/mol. The maximum atomic E-state index is 12.9. The molecule has 3 nitrogen and oxygen atoms in total. The zero-order chi connectivity index (χ0) is 14.7. The molecule has 0 radical (unpaired) electrons. The molecule has 1 heterocycles. The monoisotopic (exact) mass is 302 g/mol. The number of hydrogen-bond acceptors (Lipinski definition) is 3. The highest BCUT2D eigenvalue weighted by atomic mass is 32.1. The van der Waals surface area contributed by atoms with Gasteiger partial charge in [0.05, 0.1) is 5.69 Å². The van der Waals surface area contributed by atoms with Crippen LogP contribution in [0.5, 0.6) is 0 Å². The van der Waals surface area contributed by atoms with Gasteiger partial charge in [0.25, 0.3) is 0 Å². The first-order chi connectivity index (χ1) is 10.2. The quantitative estimate of drug-likeness (QED) is 0.858. The first kappa shape index (κ1) is 13.9. The molecule has 0 unspecified atom stereocenters. The highest BCUT2D eigenvalue weighted by Crippen LogP contribution is 2.26.